The summed E-state index contributed by atoms with van der Waals surface area (Å²) >= 11 is 0. The van der Waals surface area contributed by atoms with E-state index in [0.717, 1.165) is 5.56 Å². The summed E-state index contributed by atoms with van der Waals surface area (Å²) in [7, 11) is 0. The van der Waals surface area contributed by atoms with Crippen molar-refractivity contribution < 1.29 is 4.79 Å². The molecule has 8 nitrogen and oxygen atoms in total. The minimum Gasteiger partial charge on any atom is -0.322 e. The number of rotatable bonds is 3. The van der Waals surface area contributed by atoms with Crippen LogP contribution in [0, 0.1) is 0 Å². The van der Waals surface area contributed by atoms with Crippen molar-refractivity contribution in [2.24, 2.45) is 0 Å². The van der Waals surface area contributed by atoms with E-state index >= 15 is 0 Å². The maximum atomic E-state index is 11.9. The molecule has 0 aliphatic carbocycles. The van der Waals surface area contributed by atoms with Crippen molar-refractivity contribution in [1.29, 1.82) is 0 Å². The Morgan fingerprint density at radius 1 is 1.32 bits per heavy atom. The molecule has 2 aromatic heterocycles. The maximum Gasteiger partial charge on any atom is 0.258 e. The maximum absolute atomic E-state index is 11.9. The average molecular weight is 255 g/mol. The van der Waals surface area contributed by atoms with Crippen molar-refractivity contribution in [3.63, 3.8) is 0 Å². The van der Waals surface area contributed by atoms with Crippen LogP contribution in [0.1, 0.15) is 10.4 Å². The number of aromatic amines is 2. The van der Waals surface area contributed by atoms with E-state index in [9.17, 15) is 4.79 Å². The van der Waals surface area contributed by atoms with Gasteiger partial charge in [0.1, 0.15) is 0 Å². The lowest BCUT2D eigenvalue weighted by Crippen LogP contribution is -2.10. The molecule has 94 valence electrons. The molecule has 3 rings (SSSR count). The molecule has 19 heavy (non-hydrogen) atoms. The summed E-state index contributed by atoms with van der Waals surface area (Å²) in [5.41, 5.74) is 1.87. The number of nitrogens with one attached hydrogen (secondary N) is 3. The SMILES string of the molecule is O=C(Nc1cccc(-c2nn[nH]n2)c1)c1cn[nH]c1. The van der Waals surface area contributed by atoms with Gasteiger partial charge in [0.15, 0.2) is 0 Å². The third-order valence-electron chi connectivity index (χ3n) is 2.48. The number of aromatic nitrogens is 6. The number of H-pyrrole nitrogens is 2. The Morgan fingerprint density at radius 3 is 3.00 bits per heavy atom. The second-order valence-electron chi connectivity index (χ2n) is 3.76. The van der Waals surface area contributed by atoms with E-state index in [0.29, 0.717) is 17.1 Å². The molecule has 0 saturated carbocycles. The normalized spacial score (nSPS) is 10.3. The van der Waals surface area contributed by atoms with Gasteiger partial charge in [-0.1, -0.05) is 12.1 Å². The number of anilines is 1. The van der Waals surface area contributed by atoms with Gasteiger partial charge in [0.25, 0.3) is 5.91 Å². The first-order valence-corrected chi connectivity index (χ1v) is 5.47. The van der Waals surface area contributed by atoms with Crippen molar-refractivity contribution in [1.82, 2.24) is 30.8 Å². The van der Waals surface area contributed by atoms with Crippen LogP contribution in [0.5, 0.6) is 0 Å². The zero-order valence-corrected chi connectivity index (χ0v) is 9.66. The van der Waals surface area contributed by atoms with E-state index in [1.807, 2.05) is 6.07 Å². The molecule has 0 fully saturated rings. The molecule has 0 radical (unpaired) electrons. The van der Waals surface area contributed by atoms with Gasteiger partial charge >= 0.3 is 0 Å². The molecule has 0 spiro atoms. The van der Waals surface area contributed by atoms with Gasteiger partial charge in [0.2, 0.25) is 5.82 Å². The topological polar surface area (TPSA) is 112 Å². The van der Waals surface area contributed by atoms with Gasteiger partial charge in [0.05, 0.1) is 11.8 Å². The van der Waals surface area contributed by atoms with Crippen molar-refractivity contribution >= 4 is 11.6 Å². The summed E-state index contributed by atoms with van der Waals surface area (Å²) < 4.78 is 0. The smallest absolute Gasteiger partial charge is 0.258 e. The third kappa shape index (κ3) is 2.32. The number of benzene rings is 1. The Bertz CT molecular complexity index is 675. The van der Waals surface area contributed by atoms with E-state index in [2.05, 4.69) is 36.1 Å². The fourth-order valence-electron chi connectivity index (χ4n) is 1.60. The standard InChI is InChI=1S/C11H9N7O/c19-11(8-5-12-13-6-8)14-9-3-1-2-7(4-9)10-15-17-18-16-10/h1-6H,(H,12,13)(H,14,19)(H,15,16,17,18). The van der Waals surface area contributed by atoms with Crippen molar-refractivity contribution in [2.75, 3.05) is 5.32 Å². The van der Waals surface area contributed by atoms with Crippen LogP contribution in [-0.2, 0) is 0 Å². The Labute approximate surface area is 107 Å². The first-order chi connectivity index (χ1) is 9.33. The summed E-state index contributed by atoms with van der Waals surface area (Å²) in [6.07, 6.45) is 2.98. The lowest BCUT2D eigenvalue weighted by molar-refractivity contribution is 0.102. The molecule has 3 aromatic rings. The molecule has 0 unspecified atom stereocenters. The first-order valence-electron chi connectivity index (χ1n) is 5.47. The lowest BCUT2D eigenvalue weighted by atomic mass is 10.2. The molecule has 0 bridgehead atoms. The number of tetrazole rings is 1. The molecule has 3 N–H and O–H groups in total. The Balaban J connectivity index is 1.82. The van der Waals surface area contributed by atoms with E-state index in [-0.39, 0.29) is 5.91 Å². The number of carbonyl (C=O) groups excluding carboxylic acids is 1. The fourth-order valence-corrected chi connectivity index (χ4v) is 1.60. The van der Waals surface area contributed by atoms with Crippen LogP contribution in [0.15, 0.2) is 36.7 Å². The van der Waals surface area contributed by atoms with Crippen molar-refractivity contribution in [3.05, 3.63) is 42.2 Å². The van der Waals surface area contributed by atoms with E-state index in [1.165, 1.54) is 12.4 Å². The van der Waals surface area contributed by atoms with Crippen molar-refractivity contribution in [2.45, 2.75) is 0 Å². The van der Waals surface area contributed by atoms with Crippen LogP contribution in [-0.4, -0.2) is 36.7 Å². The van der Waals surface area contributed by atoms with Gasteiger partial charge in [-0.3, -0.25) is 9.89 Å². The number of hydrogen-bond donors (Lipinski definition) is 3. The van der Waals surface area contributed by atoms with Crippen LogP contribution in [0.3, 0.4) is 0 Å². The van der Waals surface area contributed by atoms with Crippen LogP contribution < -0.4 is 5.32 Å². The number of carbonyl (C=O) groups is 1. The van der Waals surface area contributed by atoms with Crippen molar-refractivity contribution in [3.8, 4) is 11.4 Å². The molecule has 0 saturated heterocycles. The molecule has 0 atom stereocenters. The van der Waals surface area contributed by atoms with Crippen LogP contribution in [0.2, 0.25) is 0 Å². The van der Waals surface area contributed by atoms with E-state index in [1.54, 1.807) is 18.2 Å². The highest BCUT2D eigenvalue weighted by Gasteiger charge is 2.08. The molecular weight excluding hydrogens is 246 g/mol. The van der Waals surface area contributed by atoms with Crippen LogP contribution in [0.4, 0.5) is 5.69 Å². The Hall–Kier alpha value is -3.03. The number of nitrogens with zero attached hydrogens (tertiary/aromatic N) is 4. The second kappa shape index (κ2) is 4.69. The van der Waals surface area contributed by atoms with E-state index < -0.39 is 0 Å². The highest BCUT2D eigenvalue weighted by atomic mass is 16.1. The molecule has 0 aliphatic rings. The number of amides is 1. The average Bonchev–Trinajstić information content (AvgIpc) is 3.13. The second-order valence-corrected chi connectivity index (χ2v) is 3.76. The van der Waals surface area contributed by atoms with Crippen LogP contribution in [0.25, 0.3) is 11.4 Å². The lowest BCUT2D eigenvalue weighted by Gasteiger charge is -2.04. The zero-order chi connectivity index (χ0) is 13.1. The molecular formula is C11H9N7O. The Kier molecular flexibility index (Phi) is 2.73. The number of hydrogen-bond acceptors (Lipinski definition) is 5. The van der Waals surface area contributed by atoms with Gasteiger partial charge < -0.3 is 5.32 Å². The van der Waals surface area contributed by atoms with Crippen LogP contribution >= 0.6 is 0 Å². The van der Waals surface area contributed by atoms with Gasteiger partial charge in [-0.05, 0) is 17.3 Å². The van der Waals surface area contributed by atoms with Gasteiger partial charge in [-0.25, -0.2) is 0 Å². The molecule has 8 heteroatoms. The highest BCUT2D eigenvalue weighted by Crippen LogP contribution is 2.18. The summed E-state index contributed by atoms with van der Waals surface area (Å²) in [6.45, 7) is 0. The first kappa shape index (κ1) is 11.1. The van der Waals surface area contributed by atoms with Gasteiger partial charge in [-0.15, -0.1) is 10.2 Å². The minimum absolute atomic E-state index is 0.237. The van der Waals surface area contributed by atoms with Gasteiger partial charge in [-0.2, -0.15) is 10.3 Å². The summed E-state index contributed by atoms with van der Waals surface area (Å²) in [6, 6.07) is 7.18. The predicted molar refractivity (Wildman–Crippen MR) is 66.2 cm³/mol. The highest BCUT2D eigenvalue weighted by molar-refractivity contribution is 6.04. The predicted octanol–water partition coefficient (Wildman–Crippen LogP) is 0.842. The quantitative estimate of drug-likeness (QED) is 0.642. The van der Waals surface area contributed by atoms with Gasteiger partial charge in [0, 0.05) is 17.4 Å². The molecule has 1 amide bonds. The largest absolute Gasteiger partial charge is 0.322 e. The molecule has 2 heterocycles. The molecule has 1 aromatic carbocycles. The summed E-state index contributed by atoms with van der Waals surface area (Å²) in [5, 5.41) is 22.7. The monoisotopic (exact) mass is 255 g/mol. The summed E-state index contributed by atoms with van der Waals surface area (Å²) in [5.74, 6) is 0.235. The minimum atomic E-state index is -0.237. The summed E-state index contributed by atoms with van der Waals surface area (Å²) in [4.78, 5) is 11.9. The molecule has 0 aliphatic heterocycles. The Morgan fingerprint density at radius 2 is 2.26 bits per heavy atom. The van der Waals surface area contributed by atoms with E-state index in [4.69, 9.17) is 0 Å². The third-order valence-corrected chi connectivity index (χ3v) is 2.48. The zero-order valence-electron chi connectivity index (χ0n) is 9.66. The fraction of sp³-hybridized carbons (Fsp3) is 0.